The first-order chi connectivity index (χ1) is 25.1. The van der Waals surface area contributed by atoms with Gasteiger partial charge in [-0.1, -0.05) is 31.2 Å². The van der Waals surface area contributed by atoms with E-state index >= 15 is 0 Å². The maximum Gasteiger partial charge on any atom is 0.259 e. The van der Waals surface area contributed by atoms with Gasteiger partial charge in [0.2, 0.25) is 0 Å². The van der Waals surface area contributed by atoms with Crippen LogP contribution in [0, 0.1) is 40.5 Å². The summed E-state index contributed by atoms with van der Waals surface area (Å²) in [5.74, 6) is -3.22. The van der Waals surface area contributed by atoms with Gasteiger partial charge in [0.05, 0.1) is 18.2 Å². The minimum Gasteiger partial charge on any atom is -0.345 e. The molecule has 2 amide bonds. The second-order valence-corrected chi connectivity index (χ2v) is 13.7. The summed E-state index contributed by atoms with van der Waals surface area (Å²) < 4.78 is 62.1. The molecule has 0 spiro atoms. The smallest absolute Gasteiger partial charge is 0.259 e. The predicted molar refractivity (Wildman–Crippen MR) is 195 cm³/mol. The Bertz CT molecular complexity index is 2440. The molecular formula is C41H47N5O2. The van der Waals surface area contributed by atoms with Crippen molar-refractivity contribution in [1.82, 2.24) is 24.3 Å². The van der Waals surface area contributed by atoms with E-state index in [9.17, 15) is 17.8 Å². The number of likely N-dealkylation sites (tertiary alicyclic amines) is 1. The van der Waals surface area contributed by atoms with E-state index in [1.165, 1.54) is 22.6 Å². The van der Waals surface area contributed by atoms with Crippen molar-refractivity contribution < 1.29 is 17.8 Å². The van der Waals surface area contributed by atoms with Gasteiger partial charge in [0.15, 0.2) is 0 Å². The molecule has 2 unspecified atom stereocenters. The number of nitrogens with one attached hydrogen (secondary N) is 1. The van der Waals surface area contributed by atoms with Gasteiger partial charge in [-0.3, -0.25) is 24.8 Å². The quantitative estimate of drug-likeness (QED) is 0.190. The van der Waals surface area contributed by atoms with E-state index in [-0.39, 0.29) is 17.7 Å². The summed E-state index contributed by atoms with van der Waals surface area (Å²) in [6.45, 7) is 14.1. The maximum absolute atomic E-state index is 14.0. The molecule has 3 aromatic heterocycles. The van der Waals surface area contributed by atoms with Crippen LogP contribution in [-0.2, 0) is 22.7 Å². The number of aromatic nitrogens is 3. The summed E-state index contributed by atoms with van der Waals surface area (Å²) in [6, 6.07) is 12.4. The fourth-order valence-corrected chi connectivity index (χ4v) is 7.23. The number of hydrogen-bond donors (Lipinski definition) is 1. The lowest BCUT2D eigenvalue weighted by atomic mass is 9.76. The van der Waals surface area contributed by atoms with E-state index in [0.29, 0.717) is 34.3 Å². The van der Waals surface area contributed by atoms with Crippen LogP contribution in [0.5, 0.6) is 0 Å². The maximum atomic E-state index is 14.0. The number of pyridine rings is 1. The third-order valence-electron chi connectivity index (χ3n) is 10.6. The van der Waals surface area contributed by atoms with Gasteiger partial charge in [0, 0.05) is 88.5 Å². The molecule has 2 aliphatic rings. The highest BCUT2D eigenvalue weighted by atomic mass is 16.2. The number of benzene rings is 2. The zero-order chi connectivity index (χ0) is 39.7. The van der Waals surface area contributed by atoms with E-state index in [4.69, 9.17) is 0 Å². The molecule has 5 aromatic rings. The number of aryl methyl sites for hydroxylation is 5. The summed E-state index contributed by atoms with van der Waals surface area (Å²) in [5, 5.41) is 3.81. The first-order valence-corrected chi connectivity index (χ1v) is 16.6. The lowest BCUT2D eigenvalue weighted by Gasteiger charge is -2.51. The Morgan fingerprint density at radius 3 is 2.38 bits per heavy atom. The minimum atomic E-state index is -3.02. The van der Waals surface area contributed by atoms with Crippen LogP contribution in [0.1, 0.15) is 93.2 Å². The molecule has 0 aliphatic carbocycles. The average molecular weight is 648 g/mol. The predicted octanol–water partition coefficient (Wildman–Crippen LogP) is 7.98. The first-order valence-electron chi connectivity index (χ1n) is 19.6. The van der Waals surface area contributed by atoms with Crippen molar-refractivity contribution in [2.45, 2.75) is 93.3 Å². The monoisotopic (exact) mass is 647 g/mol. The van der Waals surface area contributed by atoms with Crippen molar-refractivity contribution in [3.05, 3.63) is 99.6 Å². The number of para-hydroxylation sites is 1. The number of nitrogens with zero attached hydrogens (tertiary/aromatic N) is 4. The van der Waals surface area contributed by atoms with Crippen LogP contribution in [-0.4, -0.2) is 42.9 Å². The van der Waals surface area contributed by atoms with Gasteiger partial charge < -0.3 is 9.13 Å². The SMILES string of the molecule is [2H]C1([2H])N(Cc2ccc(C)c(C)n2)C(C)(C)C([2H])(C)C([2H])(n2cc(C3=C(c4c(C)n(CC)c5ccccc45)C(=O)NC3=O)c3cc(C)c(C)cc32)C1([2H])[2H]. The molecule has 0 bridgehead atoms. The standard InChI is InChI=1S/C41H47N5O2/c1-10-45-28(7)36(30-13-11-12-14-34(30)45)38-37(39(47)43-40(38)48)32-22-46(35-20-25(4)24(3)19-31(32)35)33-17-18-44(41(8,9)26(33)5)21-29-16-15-23(2)27(6)42-29/h11-16,19-20,22,26,33H,10,17-18,21H2,1-9H3,(H,43,47,48)/i17D2,18D2,26D,33D. The van der Waals surface area contributed by atoms with Crippen LogP contribution in [0.25, 0.3) is 33.0 Å². The normalized spacial score (nSPS) is 27.0. The minimum absolute atomic E-state index is 0.0884. The number of fused-ring (bicyclic) bond motifs is 2. The molecule has 2 atom stereocenters. The Labute approximate surface area is 292 Å². The summed E-state index contributed by atoms with van der Waals surface area (Å²) in [4.78, 5) is 33.9. The van der Waals surface area contributed by atoms with Gasteiger partial charge in [-0.15, -0.1) is 0 Å². The highest BCUT2D eigenvalue weighted by Crippen LogP contribution is 2.46. The molecule has 248 valence electrons. The highest BCUT2D eigenvalue weighted by molar-refractivity contribution is 6.51. The topological polar surface area (TPSA) is 72.2 Å². The Morgan fingerprint density at radius 1 is 0.938 bits per heavy atom. The van der Waals surface area contributed by atoms with Crippen LogP contribution in [0.2, 0.25) is 0 Å². The van der Waals surface area contributed by atoms with Gasteiger partial charge in [-0.2, -0.15) is 0 Å². The Balaban J connectivity index is 1.53. The molecule has 7 rings (SSSR count). The number of rotatable bonds is 6. The van der Waals surface area contributed by atoms with Crippen LogP contribution < -0.4 is 5.32 Å². The number of piperidine rings is 1. The van der Waals surface area contributed by atoms with Crippen LogP contribution in [0.15, 0.2) is 54.7 Å². The van der Waals surface area contributed by atoms with E-state index in [1.807, 2.05) is 77.9 Å². The lowest BCUT2D eigenvalue weighted by Crippen LogP contribution is -2.55. The summed E-state index contributed by atoms with van der Waals surface area (Å²) in [5.41, 5.74) is 5.76. The fourth-order valence-electron chi connectivity index (χ4n) is 7.23. The highest BCUT2D eigenvalue weighted by Gasteiger charge is 2.43. The molecule has 0 radical (unpaired) electrons. The second kappa shape index (κ2) is 11.6. The molecule has 48 heavy (non-hydrogen) atoms. The van der Waals surface area contributed by atoms with Crippen LogP contribution in [0.3, 0.4) is 0 Å². The number of amides is 2. The molecule has 0 saturated carbocycles. The number of imide groups is 1. The molecule has 7 heteroatoms. The zero-order valence-corrected chi connectivity index (χ0v) is 29.2. The van der Waals surface area contributed by atoms with Crippen molar-refractivity contribution in [2.75, 3.05) is 6.50 Å². The fraction of sp³-hybridized carbons (Fsp3) is 0.390. The second-order valence-electron chi connectivity index (χ2n) is 13.7. The van der Waals surface area contributed by atoms with Crippen molar-refractivity contribution >= 4 is 44.8 Å². The third-order valence-corrected chi connectivity index (χ3v) is 10.6. The van der Waals surface area contributed by atoms with Gasteiger partial charge in [-0.25, -0.2) is 0 Å². The van der Waals surface area contributed by atoms with Crippen molar-refractivity contribution in [2.24, 2.45) is 5.89 Å². The molecule has 5 heterocycles. The molecule has 2 aliphatic heterocycles. The number of hydrogen-bond acceptors (Lipinski definition) is 4. The van der Waals surface area contributed by atoms with Gasteiger partial charge in [-0.05, 0) is 109 Å². The van der Waals surface area contributed by atoms with Gasteiger partial charge >= 0.3 is 0 Å². The summed E-state index contributed by atoms with van der Waals surface area (Å²) >= 11 is 0. The van der Waals surface area contributed by atoms with Gasteiger partial charge in [0.25, 0.3) is 11.8 Å². The van der Waals surface area contributed by atoms with Crippen molar-refractivity contribution in [1.29, 1.82) is 0 Å². The van der Waals surface area contributed by atoms with Gasteiger partial charge in [0.1, 0.15) is 0 Å². The largest absolute Gasteiger partial charge is 0.345 e. The van der Waals surface area contributed by atoms with Crippen LogP contribution in [0.4, 0.5) is 0 Å². The Morgan fingerprint density at radius 2 is 1.65 bits per heavy atom. The molecule has 1 fully saturated rings. The summed E-state index contributed by atoms with van der Waals surface area (Å²) in [6.07, 6.45) is -1.53. The molecule has 1 N–H and O–H groups in total. The van der Waals surface area contributed by atoms with E-state index < -0.39 is 42.1 Å². The molecule has 1 saturated heterocycles. The van der Waals surface area contributed by atoms with Crippen molar-refractivity contribution in [3.8, 4) is 0 Å². The average Bonchev–Trinajstić information content (AvgIpc) is 3.69. The summed E-state index contributed by atoms with van der Waals surface area (Å²) in [7, 11) is 0. The first kappa shape index (κ1) is 25.5. The van der Waals surface area contributed by atoms with E-state index in [2.05, 4.69) is 14.9 Å². The number of carbonyl (C=O) groups is 2. The third kappa shape index (κ3) is 4.85. The van der Waals surface area contributed by atoms with E-state index in [1.54, 1.807) is 26.0 Å². The molecule has 2 aromatic carbocycles. The number of carbonyl (C=O) groups excluding carboxylic acids is 2. The zero-order valence-electron chi connectivity index (χ0n) is 35.2. The molecular weight excluding hydrogens is 594 g/mol. The molecule has 7 nitrogen and oxygen atoms in total. The van der Waals surface area contributed by atoms with Crippen LogP contribution >= 0.6 is 0 Å². The Hall–Kier alpha value is -4.49. The van der Waals surface area contributed by atoms with Crippen molar-refractivity contribution in [3.63, 3.8) is 0 Å². The lowest BCUT2D eigenvalue weighted by molar-refractivity contribution is -0.122. The van der Waals surface area contributed by atoms with E-state index in [0.717, 1.165) is 39.0 Å². The Kier molecular flexibility index (Phi) is 6.16.